The lowest BCUT2D eigenvalue weighted by Gasteiger charge is -2.24. The molecule has 1 saturated heterocycles. The molecule has 1 atom stereocenters. The lowest BCUT2D eigenvalue weighted by Crippen LogP contribution is -2.37. The Morgan fingerprint density at radius 3 is 2.32 bits per heavy atom. The predicted octanol–water partition coefficient (Wildman–Crippen LogP) is 4.38. The molecule has 28 heavy (non-hydrogen) atoms. The van der Waals surface area contributed by atoms with Crippen LogP contribution in [0.1, 0.15) is 57.4 Å². The smallest absolute Gasteiger partial charge is 0.319 e. The molecule has 2 fully saturated rings. The molecule has 1 unspecified atom stereocenters. The Kier molecular flexibility index (Phi) is 6.56. The average molecular weight is 420 g/mol. The van der Waals surface area contributed by atoms with Crippen LogP contribution < -0.4 is 10.1 Å². The fourth-order valence-corrected chi connectivity index (χ4v) is 5.29. The van der Waals surface area contributed by atoms with E-state index in [1.165, 1.54) is 6.07 Å². The second-order valence-electron chi connectivity index (χ2n) is 7.70. The Morgan fingerprint density at radius 1 is 1.14 bits per heavy atom. The summed E-state index contributed by atoms with van der Waals surface area (Å²) in [4.78, 5) is -0.708. The molecule has 0 spiro atoms. The number of anilines is 1. The van der Waals surface area contributed by atoms with Gasteiger partial charge in [-0.1, -0.05) is 19.8 Å². The van der Waals surface area contributed by atoms with Gasteiger partial charge in [-0.15, -0.1) is 0 Å². The highest BCUT2D eigenvalue weighted by Gasteiger charge is 2.39. The Bertz CT molecular complexity index is 771. The van der Waals surface area contributed by atoms with E-state index in [4.69, 9.17) is 0 Å². The van der Waals surface area contributed by atoms with Gasteiger partial charge in [-0.05, 0) is 56.2 Å². The Balaban J connectivity index is 1.86. The first-order valence-corrected chi connectivity index (χ1v) is 11.4. The topological polar surface area (TPSA) is 61.4 Å². The molecule has 9 heteroatoms. The zero-order chi connectivity index (χ0) is 20.4. The summed E-state index contributed by atoms with van der Waals surface area (Å²) in [6.07, 6.45) is 1.78. The van der Waals surface area contributed by atoms with Crippen LogP contribution in [0.5, 0.6) is 0 Å². The molecule has 2 aliphatic rings. The second kappa shape index (κ2) is 8.59. The number of hydrazine groups is 1. The summed E-state index contributed by atoms with van der Waals surface area (Å²) >= 11 is 0. The molecule has 3 rings (SSSR count). The summed E-state index contributed by atoms with van der Waals surface area (Å²) in [7, 11) is -4.26. The van der Waals surface area contributed by atoms with Crippen molar-refractivity contribution in [3.05, 3.63) is 23.8 Å². The van der Waals surface area contributed by atoms with Crippen molar-refractivity contribution >= 4 is 15.7 Å². The molecular weight excluding hydrogens is 391 g/mol. The van der Waals surface area contributed by atoms with Crippen LogP contribution in [0.4, 0.5) is 18.9 Å². The summed E-state index contributed by atoms with van der Waals surface area (Å²) in [5, 5.41) is 1.90. The summed E-state index contributed by atoms with van der Waals surface area (Å²) < 4.78 is 68.9. The van der Waals surface area contributed by atoms with Gasteiger partial charge in [0.25, 0.3) is 0 Å². The summed E-state index contributed by atoms with van der Waals surface area (Å²) in [6, 6.07) is 3.05. The molecule has 5 nitrogen and oxygen atoms in total. The summed E-state index contributed by atoms with van der Waals surface area (Å²) in [6.45, 7) is 3.34. The maximum atomic E-state index is 13.7. The Labute approximate surface area is 164 Å². The van der Waals surface area contributed by atoms with E-state index < -0.39 is 26.7 Å². The van der Waals surface area contributed by atoms with Crippen molar-refractivity contribution in [1.82, 2.24) is 9.73 Å². The van der Waals surface area contributed by atoms with Crippen LogP contribution in [0, 0.1) is 5.92 Å². The highest BCUT2D eigenvalue weighted by molar-refractivity contribution is 7.89. The first kappa shape index (κ1) is 21.4. The van der Waals surface area contributed by atoms with Gasteiger partial charge in [0.2, 0.25) is 10.0 Å². The number of benzene rings is 1. The molecule has 0 radical (unpaired) electrons. The van der Waals surface area contributed by atoms with Crippen molar-refractivity contribution in [3.8, 4) is 0 Å². The molecule has 1 heterocycles. The molecular formula is C19H28F3N3O2S. The normalized spacial score (nSPS) is 20.6. The zero-order valence-corrected chi connectivity index (χ0v) is 16.9. The number of alkyl halides is 3. The van der Waals surface area contributed by atoms with Gasteiger partial charge in [0.15, 0.2) is 0 Å². The Hall–Kier alpha value is -1.32. The van der Waals surface area contributed by atoms with Crippen molar-refractivity contribution in [2.24, 2.45) is 5.92 Å². The van der Waals surface area contributed by atoms with Crippen LogP contribution in [0.3, 0.4) is 0 Å². The molecule has 1 aliphatic carbocycles. The standard InChI is InChI=1S/C19H28F3N3O2S/c1-2-17(14-7-8-14)24-28(26,27)18-10-9-15(13-16(18)19(20,21)22)23-25-11-5-3-4-6-12-25/h9-10,13-14,17,23-24H,2-8,11-12H2,1H3. The van der Waals surface area contributed by atoms with Crippen molar-refractivity contribution in [2.75, 3.05) is 18.5 Å². The molecule has 1 aromatic carbocycles. The number of nitrogens with zero attached hydrogens (tertiary/aromatic N) is 1. The highest BCUT2D eigenvalue weighted by Crippen LogP contribution is 2.38. The van der Waals surface area contributed by atoms with Crippen molar-refractivity contribution in [2.45, 2.75) is 69.0 Å². The van der Waals surface area contributed by atoms with Crippen LogP contribution in [-0.2, 0) is 16.2 Å². The van der Waals surface area contributed by atoms with Gasteiger partial charge in [0.05, 0.1) is 10.5 Å². The maximum Gasteiger partial charge on any atom is 0.417 e. The second-order valence-corrected chi connectivity index (χ2v) is 9.38. The minimum atomic E-state index is -4.76. The fraction of sp³-hybridized carbons (Fsp3) is 0.684. The largest absolute Gasteiger partial charge is 0.417 e. The van der Waals surface area contributed by atoms with Gasteiger partial charge in [0.1, 0.15) is 0 Å². The van der Waals surface area contributed by atoms with Gasteiger partial charge in [-0.3, -0.25) is 0 Å². The summed E-state index contributed by atoms with van der Waals surface area (Å²) in [5.74, 6) is 0.220. The molecule has 0 bridgehead atoms. The van der Waals surface area contributed by atoms with E-state index in [1.807, 2.05) is 11.9 Å². The number of halogens is 3. The van der Waals surface area contributed by atoms with Gasteiger partial charge in [-0.25, -0.2) is 18.1 Å². The third-order valence-electron chi connectivity index (χ3n) is 5.41. The number of sulfonamides is 1. The first-order chi connectivity index (χ1) is 13.2. The number of rotatable bonds is 7. The third kappa shape index (κ3) is 5.39. The molecule has 2 N–H and O–H groups in total. The molecule has 1 aromatic rings. The minimum Gasteiger partial charge on any atom is -0.319 e. The lowest BCUT2D eigenvalue weighted by molar-refractivity contribution is -0.139. The van der Waals surface area contributed by atoms with Gasteiger partial charge in [0, 0.05) is 24.8 Å². The van der Waals surface area contributed by atoms with E-state index in [2.05, 4.69) is 10.1 Å². The SMILES string of the molecule is CCC(NS(=O)(=O)c1ccc(NN2CCCCCC2)cc1C(F)(F)F)C1CC1. The Morgan fingerprint density at radius 2 is 1.79 bits per heavy atom. The maximum absolute atomic E-state index is 13.7. The van der Waals surface area contributed by atoms with Gasteiger partial charge >= 0.3 is 6.18 Å². The van der Waals surface area contributed by atoms with E-state index in [1.54, 1.807) is 0 Å². The van der Waals surface area contributed by atoms with Crippen LogP contribution in [-0.4, -0.2) is 32.6 Å². The highest BCUT2D eigenvalue weighted by atomic mass is 32.2. The van der Waals surface area contributed by atoms with Crippen LogP contribution in [0.15, 0.2) is 23.1 Å². The molecule has 0 amide bonds. The van der Waals surface area contributed by atoms with Gasteiger partial charge in [-0.2, -0.15) is 13.2 Å². The number of nitrogens with one attached hydrogen (secondary N) is 2. The third-order valence-corrected chi connectivity index (χ3v) is 6.95. The van der Waals surface area contributed by atoms with Crippen molar-refractivity contribution in [1.29, 1.82) is 0 Å². The summed E-state index contributed by atoms with van der Waals surface area (Å²) in [5.41, 5.74) is 2.13. The van der Waals surface area contributed by atoms with Crippen LogP contribution in [0.2, 0.25) is 0 Å². The van der Waals surface area contributed by atoms with E-state index in [0.717, 1.165) is 63.7 Å². The quantitative estimate of drug-likeness (QED) is 0.689. The molecule has 1 aliphatic heterocycles. The number of hydrogen-bond acceptors (Lipinski definition) is 4. The van der Waals surface area contributed by atoms with E-state index in [0.29, 0.717) is 6.42 Å². The lowest BCUT2D eigenvalue weighted by atomic mass is 10.1. The van der Waals surface area contributed by atoms with E-state index >= 15 is 0 Å². The average Bonchev–Trinajstić information content (AvgIpc) is 3.47. The predicted molar refractivity (Wildman–Crippen MR) is 102 cm³/mol. The molecule has 1 saturated carbocycles. The minimum absolute atomic E-state index is 0.220. The van der Waals surface area contributed by atoms with Crippen molar-refractivity contribution in [3.63, 3.8) is 0 Å². The van der Waals surface area contributed by atoms with Crippen LogP contribution >= 0.6 is 0 Å². The fourth-order valence-electron chi connectivity index (χ4n) is 3.69. The van der Waals surface area contributed by atoms with E-state index in [9.17, 15) is 21.6 Å². The first-order valence-electron chi connectivity index (χ1n) is 9.96. The van der Waals surface area contributed by atoms with Crippen LogP contribution in [0.25, 0.3) is 0 Å². The van der Waals surface area contributed by atoms with Gasteiger partial charge < -0.3 is 5.43 Å². The van der Waals surface area contributed by atoms with E-state index in [-0.39, 0.29) is 17.6 Å². The zero-order valence-electron chi connectivity index (χ0n) is 16.1. The van der Waals surface area contributed by atoms with Crippen molar-refractivity contribution < 1.29 is 21.6 Å². The molecule has 0 aromatic heterocycles. The molecule has 158 valence electrons. The number of hydrogen-bond donors (Lipinski definition) is 2. The monoisotopic (exact) mass is 419 g/mol.